The molecular weight excluding hydrogens is 374 g/mol. The minimum absolute atomic E-state index is 0.0781. The zero-order valence-corrected chi connectivity index (χ0v) is 16.4. The number of carbonyl (C=O) groups excluding carboxylic acids is 2. The van der Waals surface area contributed by atoms with Crippen molar-refractivity contribution in [2.24, 2.45) is 0 Å². The highest BCUT2D eigenvalue weighted by atomic mass is 32.1. The molecule has 1 aliphatic rings. The number of fused-ring (bicyclic) bond motifs is 1. The van der Waals surface area contributed by atoms with Gasteiger partial charge in [0, 0.05) is 25.6 Å². The van der Waals surface area contributed by atoms with Crippen LogP contribution in [0.2, 0.25) is 0 Å². The van der Waals surface area contributed by atoms with Gasteiger partial charge in [-0.2, -0.15) is 0 Å². The molecule has 0 spiro atoms. The van der Waals surface area contributed by atoms with Gasteiger partial charge in [-0.15, -0.1) is 11.3 Å². The monoisotopic (exact) mass is 397 g/mol. The van der Waals surface area contributed by atoms with E-state index in [2.05, 4.69) is 16.4 Å². The molecule has 146 valence electrons. The summed E-state index contributed by atoms with van der Waals surface area (Å²) in [5.41, 5.74) is 1.03. The topological polar surface area (TPSA) is 75.4 Å². The van der Waals surface area contributed by atoms with Crippen molar-refractivity contribution in [3.63, 3.8) is 0 Å². The number of thiazole rings is 1. The van der Waals surface area contributed by atoms with E-state index in [-0.39, 0.29) is 17.9 Å². The second-order valence-corrected chi connectivity index (χ2v) is 8.16. The first-order chi connectivity index (χ1) is 13.7. The summed E-state index contributed by atoms with van der Waals surface area (Å²) in [5.74, 6) is 0.375. The molecule has 2 aromatic heterocycles. The molecule has 2 amide bonds. The van der Waals surface area contributed by atoms with Gasteiger partial charge in [-0.3, -0.25) is 9.59 Å². The van der Waals surface area contributed by atoms with E-state index in [1.165, 1.54) is 11.0 Å². The number of aromatic nitrogens is 1. The Morgan fingerprint density at radius 3 is 2.75 bits per heavy atom. The second kappa shape index (κ2) is 8.56. The van der Waals surface area contributed by atoms with E-state index in [0.29, 0.717) is 25.3 Å². The summed E-state index contributed by atoms with van der Waals surface area (Å²) >= 11 is 1.70. The number of piperidine rings is 1. The Morgan fingerprint density at radius 1 is 1.18 bits per heavy atom. The lowest BCUT2D eigenvalue weighted by molar-refractivity contribution is -0.122. The predicted molar refractivity (Wildman–Crippen MR) is 108 cm³/mol. The molecule has 3 aromatic rings. The molecule has 4 rings (SSSR count). The third-order valence-corrected chi connectivity index (χ3v) is 6.11. The number of amides is 2. The standard InChI is InChI=1S/C21H23N3O3S/c25-19(8-3-9-20-23-16-5-1-2-7-18(16)28-20)22-15-10-12-24(13-11-15)21(26)17-6-4-14-27-17/h1-2,4-7,14-15H,3,8-13H2,(H,22,25). The van der Waals surface area contributed by atoms with E-state index in [0.717, 1.165) is 36.2 Å². The lowest BCUT2D eigenvalue weighted by Crippen LogP contribution is -2.46. The van der Waals surface area contributed by atoms with Gasteiger partial charge in [0.15, 0.2) is 5.76 Å². The number of aryl methyl sites for hydroxylation is 1. The van der Waals surface area contributed by atoms with Crippen molar-refractivity contribution in [3.8, 4) is 0 Å². The Balaban J connectivity index is 1.18. The number of para-hydroxylation sites is 1. The van der Waals surface area contributed by atoms with Crippen LogP contribution in [0.15, 0.2) is 47.1 Å². The summed E-state index contributed by atoms with van der Waals surface area (Å²) in [6, 6.07) is 11.6. The minimum atomic E-state index is -0.0781. The van der Waals surface area contributed by atoms with Gasteiger partial charge in [0.2, 0.25) is 5.91 Å². The summed E-state index contributed by atoms with van der Waals surface area (Å²) in [6.07, 6.45) is 5.17. The molecule has 0 aliphatic carbocycles. The number of furan rings is 1. The molecule has 0 atom stereocenters. The van der Waals surface area contributed by atoms with Gasteiger partial charge >= 0.3 is 0 Å². The number of nitrogens with zero attached hydrogens (tertiary/aromatic N) is 2. The normalized spacial score (nSPS) is 15.1. The first-order valence-electron chi connectivity index (χ1n) is 9.65. The Labute approximate surface area is 167 Å². The zero-order chi connectivity index (χ0) is 19.3. The van der Waals surface area contributed by atoms with Gasteiger partial charge in [-0.1, -0.05) is 12.1 Å². The number of benzene rings is 1. The first kappa shape index (κ1) is 18.7. The van der Waals surface area contributed by atoms with Crippen LogP contribution in [0.3, 0.4) is 0 Å². The van der Waals surface area contributed by atoms with Gasteiger partial charge < -0.3 is 14.6 Å². The Kier molecular flexibility index (Phi) is 5.71. The molecule has 7 heteroatoms. The van der Waals surface area contributed by atoms with Crippen LogP contribution < -0.4 is 5.32 Å². The van der Waals surface area contributed by atoms with Crippen molar-refractivity contribution in [3.05, 3.63) is 53.4 Å². The molecule has 0 bridgehead atoms. The van der Waals surface area contributed by atoms with Crippen LogP contribution in [0.1, 0.15) is 41.2 Å². The Hall–Kier alpha value is -2.67. The van der Waals surface area contributed by atoms with E-state index >= 15 is 0 Å². The highest BCUT2D eigenvalue weighted by Gasteiger charge is 2.25. The minimum Gasteiger partial charge on any atom is -0.459 e. The average Bonchev–Trinajstić information content (AvgIpc) is 3.37. The molecule has 1 N–H and O–H groups in total. The van der Waals surface area contributed by atoms with E-state index in [1.54, 1.807) is 28.4 Å². The van der Waals surface area contributed by atoms with Gasteiger partial charge in [-0.05, 0) is 49.9 Å². The van der Waals surface area contributed by atoms with E-state index in [4.69, 9.17) is 4.42 Å². The molecule has 0 saturated carbocycles. The van der Waals surface area contributed by atoms with E-state index < -0.39 is 0 Å². The van der Waals surface area contributed by atoms with Crippen molar-refractivity contribution in [1.29, 1.82) is 0 Å². The fourth-order valence-electron chi connectivity index (χ4n) is 3.51. The van der Waals surface area contributed by atoms with Crippen LogP contribution in [0.5, 0.6) is 0 Å². The van der Waals surface area contributed by atoms with Crippen molar-refractivity contribution >= 4 is 33.4 Å². The molecule has 6 nitrogen and oxygen atoms in total. The number of carbonyl (C=O) groups is 2. The number of hydrogen-bond donors (Lipinski definition) is 1. The average molecular weight is 398 g/mol. The number of hydrogen-bond acceptors (Lipinski definition) is 5. The van der Waals surface area contributed by atoms with E-state index in [9.17, 15) is 9.59 Å². The maximum atomic E-state index is 12.3. The van der Waals surface area contributed by atoms with Gasteiger partial charge in [0.1, 0.15) is 0 Å². The van der Waals surface area contributed by atoms with Gasteiger partial charge in [0.25, 0.3) is 5.91 Å². The Bertz CT molecular complexity index is 910. The number of likely N-dealkylation sites (tertiary alicyclic amines) is 1. The van der Waals surface area contributed by atoms with Crippen molar-refractivity contribution in [2.45, 2.75) is 38.1 Å². The maximum absolute atomic E-state index is 12.3. The van der Waals surface area contributed by atoms with Crippen LogP contribution in [0.25, 0.3) is 10.2 Å². The fraction of sp³-hybridized carbons (Fsp3) is 0.381. The van der Waals surface area contributed by atoms with Crippen LogP contribution in [-0.2, 0) is 11.2 Å². The largest absolute Gasteiger partial charge is 0.459 e. The molecule has 28 heavy (non-hydrogen) atoms. The van der Waals surface area contributed by atoms with Crippen LogP contribution in [0, 0.1) is 0 Å². The SMILES string of the molecule is O=C(CCCc1nc2ccccc2s1)NC1CCN(C(=O)c2ccco2)CC1. The molecule has 1 aliphatic heterocycles. The third-order valence-electron chi connectivity index (χ3n) is 5.01. The summed E-state index contributed by atoms with van der Waals surface area (Å²) in [5, 5.41) is 4.19. The lowest BCUT2D eigenvalue weighted by Gasteiger charge is -2.31. The van der Waals surface area contributed by atoms with Crippen LogP contribution in [0.4, 0.5) is 0 Å². The second-order valence-electron chi connectivity index (χ2n) is 7.04. The molecular formula is C21H23N3O3S. The number of nitrogens with one attached hydrogen (secondary N) is 1. The highest BCUT2D eigenvalue weighted by Crippen LogP contribution is 2.22. The smallest absolute Gasteiger partial charge is 0.289 e. The fourth-order valence-corrected chi connectivity index (χ4v) is 4.52. The molecule has 1 aromatic carbocycles. The lowest BCUT2D eigenvalue weighted by atomic mass is 10.0. The zero-order valence-electron chi connectivity index (χ0n) is 15.6. The third kappa shape index (κ3) is 4.42. The quantitative estimate of drug-likeness (QED) is 0.689. The maximum Gasteiger partial charge on any atom is 0.289 e. The van der Waals surface area contributed by atoms with Crippen molar-refractivity contribution in [1.82, 2.24) is 15.2 Å². The van der Waals surface area contributed by atoms with Gasteiger partial charge in [-0.25, -0.2) is 4.98 Å². The summed E-state index contributed by atoms with van der Waals surface area (Å²) in [6.45, 7) is 1.27. The molecule has 0 unspecified atom stereocenters. The summed E-state index contributed by atoms with van der Waals surface area (Å²) in [4.78, 5) is 30.9. The summed E-state index contributed by atoms with van der Waals surface area (Å²) < 4.78 is 6.37. The summed E-state index contributed by atoms with van der Waals surface area (Å²) in [7, 11) is 0. The molecule has 0 radical (unpaired) electrons. The first-order valence-corrected chi connectivity index (χ1v) is 10.5. The van der Waals surface area contributed by atoms with Gasteiger partial charge in [0.05, 0.1) is 21.5 Å². The molecule has 3 heterocycles. The van der Waals surface area contributed by atoms with E-state index in [1.807, 2.05) is 18.2 Å². The predicted octanol–water partition coefficient (Wildman–Crippen LogP) is 3.63. The highest BCUT2D eigenvalue weighted by molar-refractivity contribution is 7.18. The Morgan fingerprint density at radius 2 is 2.00 bits per heavy atom. The molecule has 1 fully saturated rings. The molecule has 1 saturated heterocycles. The van der Waals surface area contributed by atoms with Crippen molar-refractivity contribution < 1.29 is 14.0 Å². The van der Waals surface area contributed by atoms with Crippen LogP contribution in [-0.4, -0.2) is 40.8 Å². The number of rotatable bonds is 6. The van der Waals surface area contributed by atoms with Crippen molar-refractivity contribution in [2.75, 3.05) is 13.1 Å². The van der Waals surface area contributed by atoms with Crippen LogP contribution >= 0.6 is 11.3 Å².